The molecule has 1 heterocycles. The monoisotopic (exact) mass is 253 g/mol. The van der Waals surface area contributed by atoms with Crippen LogP contribution in [0.15, 0.2) is 0 Å². The second-order valence-corrected chi connectivity index (χ2v) is 4.72. The minimum absolute atomic E-state index is 0.327. The van der Waals surface area contributed by atoms with Gasteiger partial charge in [0.25, 0.3) is 0 Å². The van der Waals surface area contributed by atoms with E-state index in [9.17, 15) is 0 Å². The Hall–Kier alpha value is -1.63. The first-order chi connectivity index (χ1) is 8.47. The van der Waals surface area contributed by atoms with Gasteiger partial charge in [-0.25, -0.2) is 5.84 Å². The number of nitrogens with two attached hydrogens (primary N) is 1. The van der Waals surface area contributed by atoms with E-state index in [2.05, 4.69) is 46.5 Å². The Morgan fingerprint density at radius 1 is 1.17 bits per heavy atom. The zero-order valence-electron chi connectivity index (χ0n) is 11.7. The third kappa shape index (κ3) is 3.69. The predicted octanol–water partition coefficient (Wildman–Crippen LogP) is 1.07. The van der Waals surface area contributed by atoms with Crippen LogP contribution >= 0.6 is 0 Å². The van der Waals surface area contributed by atoms with Gasteiger partial charge in [-0.2, -0.15) is 15.0 Å². The predicted molar refractivity (Wildman–Crippen MR) is 74.5 cm³/mol. The number of hydrogen-bond acceptors (Lipinski definition) is 7. The summed E-state index contributed by atoms with van der Waals surface area (Å²) in [7, 11) is 3.75. The Bertz CT molecular complexity index is 378. The van der Waals surface area contributed by atoms with Crippen LogP contribution in [0.3, 0.4) is 0 Å². The molecule has 4 N–H and O–H groups in total. The summed E-state index contributed by atoms with van der Waals surface area (Å²) in [6.45, 7) is 6.46. The molecule has 0 spiro atoms. The van der Waals surface area contributed by atoms with Crippen LogP contribution < -0.4 is 21.5 Å². The molecule has 0 fully saturated rings. The van der Waals surface area contributed by atoms with Crippen LogP contribution in [0.1, 0.15) is 27.2 Å². The van der Waals surface area contributed by atoms with E-state index in [1.165, 1.54) is 0 Å². The van der Waals surface area contributed by atoms with Gasteiger partial charge in [0.05, 0.1) is 0 Å². The summed E-state index contributed by atoms with van der Waals surface area (Å²) in [6.07, 6.45) is 1.01. The fourth-order valence-electron chi connectivity index (χ4n) is 1.60. The van der Waals surface area contributed by atoms with Crippen molar-refractivity contribution in [2.45, 2.75) is 33.2 Å². The molecule has 7 heteroatoms. The molecular formula is C11H23N7. The second kappa shape index (κ2) is 6.34. The van der Waals surface area contributed by atoms with Crippen LogP contribution in [0.25, 0.3) is 0 Å². The zero-order valence-corrected chi connectivity index (χ0v) is 11.7. The van der Waals surface area contributed by atoms with Crippen LogP contribution in [0.2, 0.25) is 0 Å². The van der Waals surface area contributed by atoms with Gasteiger partial charge in [-0.05, 0) is 12.3 Å². The van der Waals surface area contributed by atoms with Gasteiger partial charge in [-0.3, -0.25) is 5.43 Å². The minimum Gasteiger partial charge on any atom is -0.351 e. The molecule has 102 valence electrons. The molecule has 0 amide bonds. The van der Waals surface area contributed by atoms with Crippen molar-refractivity contribution in [2.75, 3.05) is 29.7 Å². The van der Waals surface area contributed by atoms with Crippen molar-refractivity contribution in [3.8, 4) is 0 Å². The average Bonchev–Trinajstić information content (AvgIpc) is 2.34. The lowest BCUT2D eigenvalue weighted by atomic mass is 10.0. The number of aromatic nitrogens is 3. The second-order valence-electron chi connectivity index (χ2n) is 4.72. The summed E-state index contributed by atoms with van der Waals surface area (Å²) in [4.78, 5) is 14.5. The van der Waals surface area contributed by atoms with E-state index in [4.69, 9.17) is 5.84 Å². The first kappa shape index (κ1) is 14.4. The fraction of sp³-hybridized carbons (Fsp3) is 0.727. The lowest BCUT2D eigenvalue weighted by Gasteiger charge is -2.21. The summed E-state index contributed by atoms with van der Waals surface area (Å²) in [5, 5.41) is 3.31. The maximum Gasteiger partial charge on any atom is 0.243 e. The van der Waals surface area contributed by atoms with Crippen LogP contribution in [0.5, 0.6) is 0 Å². The Morgan fingerprint density at radius 2 is 1.78 bits per heavy atom. The molecule has 0 aliphatic rings. The summed E-state index contributed by atoms with van der Waals surface area (Å²) >= 11 is 0. The van der Waals surface area contributed by atoms with E-state index >= 15 is 0 Å². The highest BCUT2D eigenvalue weighted by molar-refractivity contribution is 5.42. The van der Waals surface area contributed by atoms with Gasteiger partial charge >= 0.3 is 0 Å². The van der Waals surface area contributed by atoms with Gasteiger partial charge < -0.3 is 10.2 Å². The Morgan fingerprint density at radius 3 is 2.22 bits per heavy atom. The van der Waals surface area contributed by atoms with E-state index in [-0.39, 0.29) is 0 Å². The summed E-state index contributed by atoms with van der Waals surface area (Å²) in [5.74, 6) is 7.33. The third-order valence-electron chi connectivity index (χ3n) is 2.71. The van der Waals surface area contributed by atoms with Gasteiger partial charge in [-0.1, -0.05) is 20.8 Å². The normalized spacial score (nSPS) is 12.4. The number of hydrogen-bond donors (Lipinski definition) is 3. The summed E-state index contributed by atoms with van der Waals surface area (Å²) < 4.78 is 0. The molecule has 1 atom stereocenters. The molecule has 1 aromatic heterocycles. The topological polar surface area (TPSA) is 92.0 Å². The number of anilines is 3. The van der Waals surface area contributed by atoms with Crippen LogP contribution in [-0.2, 0) is 0 Å². The van der Waals surface area contributed by atoms with E-state index < -0.39 is 0 Å². The molecule has 0 aromatic carbocycles. The Labute approximate surface area is 108 Å². The Kier molecular flexibility index (Phi) is 5.08. The molecule has 1 unspecified atom stereocenters. The van der Waals surface area contributed by atoms with Crippen LogP contribution in [-0.4, -0.2) is 35.1 Å². The van der Waals surface area contributed by atoms with E-state index in [1.807, 2.05) is 19.0 Å². The minimum atomic E-state index is 0.327. The molecule has 0 radical (unpaired) electrons. The Balaban J connectivity index is 2.97. The van der Waals surface area contributed by atoms with Crippen molar-refractivity contribution >= 4 is 17.8 Å². The molecule has 7 nitrogen and oxygen atoms in total. The van der Waals surface area contributed by atoms with Crippen molar-refractivity contribution < 1.29 is 0 Å². The molecule has 1 rings (SSSR count). The van der Waals surface area contributed by atoms with Crippen LogP contribution in [0.4, 0.5) is 17.8 Å². The molecule has 0 aliphatic heterocycles. The first-order valence-electron chi connectivity index (χ1n) is 6.14. The first-order valence-corrected chi connectivity index (χ1v) is 6.14. The number of nitrogen functional groups attached to an aromatic ring is 1. The highest BCUT2D eigenvalue weighted by atomic mass is 15.4. The molecule has 0 aliphatic carbocycles. The number of hydrazine groups is 1. The summed E-state index contributed by atoms with van der Waals surface area (Å²) in [5.41, 5.74) is 2.45. The SMILES string of the molecule is CCC(Nc1nc(NN)nc(N(C)C)n1)C(C)C. The maximum atomic E-state index is 5.36. The fourth-order valence-corrected chi connectivity index (χ4v) is 1.60. The number of nitrogens with zero attached hydrogens (tertiary/aromatic N) is 4. The smallest absolute Gasteiger partial charge is 0.243 e. The maximum absolute atomic E-state index is 5.36. The van der Waals surface area contributed by atoms with Crippen molar-refractivity contribution in [2.24, 2.45) is 11.8 Å². The van der Waals surface area contributed by atoms with Gasteiger partial charge in [0.1, 0.15) is 0 Å². The van der Waals surface area contributed by atoms with Crippen molar-refractivity contribution in [1.82, 2.24) is 15.0 Å². The lowest BCUT2D eigenvalue weighted by molar-refractivity contribution is 0.508. The average molecular weight is 253 g/mol. The standard InChI is InChI=1S/C11H23N7/c1-6-8(7(2)3)13-9-14-10(17-12)16-11(15-9)18(4)5/h7-8H,6,12H2,1-5H3,(H2,13,14,15,16,17). The molecular weight excluding hydrogens is 230 g/mol. The quantitative estimate of drug-likeness (QED) is 0.516. The number of nitrogens with one attached hydrogen (secondary N) is 2. The van der Waals surface area contributed by atoms with Gasteiger partial charge in [0.15, 0.2) is 0 Å². The third-order valence-corrected chi connectivity index (χ3v) is 2.71. The highest BCUT2D eigenvalue weighted by Crippen LogP contribution is 2.15. The lowest BCUT2D eigenvalue weighted by Crippen LogP contribution is -2.27. The van der Waals surface area contributed by atoms with Crippen molar-refractivity contribution in [1.29, 1.82) is 0 Å². The van der Waals surface area contributed by atoms with E-state index in [0.717, 1.165) is 6.42 Å². The van der Waals surface area contributed by atoms with Gasteiger partial charge in [-0.15, -0.1) is 0 Å². The molecule has 0 saturated heterocycles. The van der Waals surface area contributed by atoms with Crippen LogP contribution in [0, 0.1) is 5.92 Å². The van der Waals surface area contributed by atoms with Crippen molar-refractivity contribution in [3.05, 3.63) is 0 Å². The zero-order chi connectivity index (χ0) is 13.7. The molecule has 0 bridgehead atoms. The largest absolute Gasteiger partial charge is 0.351 e. The van der Waals surface area contributed by atoms with Gasteiger partial charge in [0, 0.05) is 20.1 Å². The number of rotatable bonds is 6. The summed E-state index contributed by atoms with van der Waals surface area (Å²) in [6, 6.07) is 0.327. The molecule has 0 saturated carbocycles. The van der Waals surface area contributed by atoms with E-state index in [1.54, 1.807) is 0 Å². The molecule has 18 heavy (non-hydrogen) atoms. The van der Waals surface area contributed by atoms with Gasteiger partial charge in [0.2, 0.25) is 17.8 Å². The van der Waals surface area contributed by atoms with E-state index in [0.29, 0.717) is 29.8 Å². The molecule has 1 aromatic rings. The van der Waals surface area contributed by atoms with Crippen molar-refractivity contribution in [3.63, 3.8) is 0 Å². The highest BCUT2D eigenvalue weighted by Gasteiger charge is 2.14.